The van der Waals surface area contributed by atoms with Gasteiger partial charge in [0.05, 0.1) is 12.1 Å². The van der Waals surface area contributed by atoms with Crippen LogP contribution in [0.15, 0.2) is 33.3 Å². The Labute approximate surface area is 98.2 Å². The molecule has 4 heteroatoms. The maximum Gasteiger partial charge on any atom is 0.113 e. The van der Waals surface area contributed by atoms with E-state index in [1.807, 2.05) is 24.3 Å². The average Bonchev–Trinajstić information content (AvgIpc) is 2.18. The second-order valence-electron chi connectivity index (χ2n) is 2.87. The summed E-state index contributed by atoms with van der Waals surface area (Å²) in [7, 11) is 0. The highest BCUT2D eigenvalue weighted by Gasteiger charge is 2.09. The van der Waals surface area contributed by atoms with E-state index in [-0.39, 0.29) is 6.61 Å². The number of aliphatic hydroxyl groups is 1. The summed E-state index contributed by atoms with van der Waals surface area (Å²) in [5.41, 5.74) is 1.69. The first-order valence-corrected chi connectivity index (χ1v) is 5.66. The summed E-state index contributed by atoms with van der Waals surface area (Å²) in [5.74, 6) is 0. The molecule has 0 bridgehead atoms. The highest BCUT2D eigenvalue weighted by atomic mass is 79.9. The number of benzene rings is 1. The Morgan fingerprint density at radius 1 is 1.21 bits per heavy atom. The van der Waals surface area contributed by atoms with E-state index in [1.165, 1.54) is 0 Å². The van der Waals surface area contributed by atoms with Gasteiger partial charge in [-0.15, -0.1) is 0 Å². The van der Waals surface area contributed by atoms with Crippen molar-refractivity contribution >= 4 is 42.8 Å². The highest BCUT2D eigenvalue weighted by Crippen LogP contribution is 2.30. The zero-order valence-corrected chi connectivity index (χ0v) is 10.3. The summed E-state index contributed by atoms with van der Waals surface area (Å²) in [4.78, 5) is 4.33. The molecule has 0 unspecified atom stereocenters. The van der Waals surface area contributed by atoms with Crippen LogP contribution in [0, 0.1) is 0 Å². The number of hydrogen-bond donors (Lipinski definition) is 1. The summed E-state index contributed by atoms with van der Waals surface area (Å²) in [6.45, 7) is -0.0288. The largest absolute Gasteiger partial charge is 0.392 e. The minimum Gasteiger partial charge on any atom is -0.392 e. The minimum absolute atomic E-state index is 0.0288. The predicted molar refractivity (Wildman–Crippen MR) is 63.1 cm³/mol. The van der Waals surface area contributed by atoms with E-state index in [4.69, 9.17) is 5.11 Å². The Morgan fingerprint density at radius 3 is 2.64 bits per heavy atom. The van der Waals surface area contributed by atoms with Gasteiger partial charge in [-0.25, -0.2) is 4.98 Å². The lowest BCUT2D eigenvalue weighted by Gasteiger charge is -2.07. The molecule has 1 aromatic heterocycles. The quantitative estimate of drug-likeness (QED) is 0.819. The lowest BCUT2D eigenvalue weighted by atomic mass is 10.2. The van der Waals surface area contributed by atoms with Crippen molar-refractivity contribution in [2.45, 2.75) is 6.61 Å². The summed E-state index contributed by atoms with van der Waals surface area (Å²) in [6, 6.07) is 7.79. The van der Waals surface area contributed by atoms with Crippen LogP contribution in [0.3, 0.4) is 0 Å². The zero-order chi connectivity index (χ0) is 10.1. The number of rotatable bonds is 1. The fourth-order valence-electron chi connectivity index (χ4n) is 1.32. The number of aliphatic hydroxyl groups excluding tert-OH is 1. The first kappa shape index (κ1) is 10.1. The van der Waals surface area contributed by atoms with Gasteiger partial charge in [-0.2, -0.15) is 0 Å². The van der Waals surface area contributed by atoms with Crippen molar-refractivity contribution in [2.24, 2.45) is 0 Å². The molecule has 0 radical (unpaired) electrons. The maximum absolute atomic E-state index is 9.16. The van der Waals surface area contributed by atoms with Crippen molar-refractivity contribution in [1.82, 2.24) is 4.98 Å². The number of pyridine rings is 1. The SMILES string of the molecule is OCc1c(Br)nc2ccccc2c1Br. The van der Waals surface area contributed by atoms with Gasteiger partial charge >= 0.3 is 0 Å². The average molecular weight is 317 g/mol. The van der Waals surface area contributed by atoms with Gasteiger partial charge in [0.1, 0.15) is 4.60 Å². The van der Waals surface area contributed by atoms with Gasteiger partial charge in [-0.3, -0.25) is 0 Å². The summed E-state index contributed by atoms with van der Waals surface area (Å²) in [6.07, 6.45) is 0. The number of aromatic nitrogens is 1. The van der Waals surface area contributed by atoms with Gasteiger partial charge < -0.3 is 5.11 Å². The summed E-state index contributed by atoms with van der Waals surface area (Å²) >= 11 is 6.79. The van der Waals surface area contributed by atoms with E-state index in [9.17, 15) is 0 Å². The fourth-order valence-corrected chi connectivity index (χ4v) is 2.75. The lowest BCUT2D eigenvalue weighted by molar-refractivity contribution is 0.280. The smallest absolute Gasteiger partial charge is 0.113 e. The lowest BCUT2D eigenvalue weighted by Crippen LogP contribution is -1.92. The molecule has 0 atom stereocenters. The molecule has 0 aliphatic rings. The molecule has 0 aliphatic carbocycles. The van der Waals surface area contributed by atoms with Gasteiger partial charge in [0.15, 0.2) is 0 Å². The van der Waals surface area contributed by atoms with Crippen molar-refractivity contribution in [3.8, 4) is 0 Å². The van der Waals surface area contributed by atoms with Crippen LogP contribution in [-0.2, 0) is 6.61 Å². The molecular formula is C10H7Br2NO. The Bertz CT molecular complexity index is 485. The van der Waals surface area contributed by atoms with Crippen LogP contribution < -0.4 is 0 Å². The first-order chi connectivity index (χ1) is 6.74. The van der Waals surface area contributed by atoms with E-state index >= 15 is 0 Å². The molecule has 1 N–H and O–H groups in total. The van der Waals surface area contributed by atoms with Crippen LogP contribution in [0.4, 0.5) is 0 Å². The molecule has 0 amide bonds. The fraction of sp³-hybridized carbons (Fsp3) is 0.100. The Balaban J connectivity index is 2.86. The molecule has 0 spiro atoms. The molecule has 0 fully saturated rings. The molecule has 2 rings (SSSR count). The predicted octanol–water partition coefficient (Wildman–Crippen LogP) is 3.25. The van der Waals surface area contributed by atoms with Crippen LogP contribution in [0.1, 0.15) is 5.56 Å². The monoisotopic (exact) mass is 315 g/mol. The molecule has 14 heavy (non-hydrogen) atoms. The second-order valence-corrected chi connectivity index (χ2v) is 4.41. The number of hydrogen-bond acceptors (Lipinski definition) is 2. The van der Waals surface area contributed by atoms with Crippen molar-refractivity contribution in [3.63, 3.8) is 0 Å². The zero-order valence-electron chi connectivity index (χ0n) is 7.17. The third kappa shape index (κ3) is 1.58. The molecule has 0 saturated carbocycles. The van der Waals surface area contributed by atoms with E-state index in [1.54, 1.807) is 0 Å². The number of nitrogens with zero attached hydrogens (tertiary/aromatic N) is 1. The summed E-state index contributed by atoms with van der Waals surface area (Å²) < 4.78 is 1.59. The van der Waals surface area contributed by atoms with Crippen molar-refractivity contribution in [1.29, 1.82) is 0 Å². The highest BCUT2D eigenvalue weighted by molar-refractivity contribution is 9.11. The third-order valence-electron chi connectivity index (χ3n) is 2.03. The molecule has 2 aromatic rings. The van der Waals surface area contributed by atoms with Crippen LogP contribution in [0.5, 0.6) is 0 Å². The molecule has 1 aromatic carbocycles. The summed E-state index contributed by atoms with van der Waals surface area (Å²) in [5, 5.41) is 10.2. The second kappa shape index (κ2) is 3.96. The Hall–Kier alpha value is -0.450. The van der Waals surface area contributed by atoms with Gasteiger partial charge in [0.25, 0.3) is 0 Å². The van der Waals surface area contributed by atoms with Crippen LogP contribution in [0.2, 0.25) is 0 Å². The molecule has 0 saturated heterocycles. The molecule has 2 nitrogen and oxygen atoms in total. The standard InChI is InChI=1S/C10H7Br2NO/c11-9-6-3-1-2-4-8(6)13-10(12)7(9)5-14/h1-4,14H,5H2. The van der Waals surface area contributed by atoms with Crippen LogP contribution in [-0.4, -0.2) is 10.1 Å². The van der Waals surface area contributed by atoms with E-state index in [0.717, 1.165) is 20.9 Å². The van der Waals surface area contributed by atoms with Crippen molar-refractivity contribution in [2.75, 3.05) is 0 Å². The maximum atomic E-state index is 9.16. The van der Waals surface area contributed by atoms with E-state index in [2.05, 4.69) is 36.8 Å². The van der Waals surface area contributed by atoms with Crippen LogP contribution in [0.25, 0.3) is 10.9 Å². The number of fused-ring (bicyclic) bond motifs is 1. The number of para-hydroxylation sites is 1. The number of halogens is 2. The Kier molecular flexibility index (Phi) is 2.85. The Morgan fingerprint density at radius 2 is 1.93 bits per heavy atom. The molecule has 72 valence electrons. The molecule has 0 aliphatic heterocycles. The van der Waals surface area contributed by atoms with Crippen LogP contribution >= 0.6 is 31.9 Å². The minimum atomic E-state index is -0.0288. The third-order valence-corrected chi connectivity index (χ3v) is 3.59. The van der Waals surface area contributed by atoms with Crippen molar-refractivity contribution in [3.05, 3.63) is 38.9 Å². The van der Waals surface area contributed by atoms with Gasteiger partial charge in [0, 0.05) is 15.4 Å². The molecule has 1 heterocycles. The molecular weight excluding hydrogens is 310 g/mol. The van der Waals surface area contributed by atoms with Gasteiger partial charge in [0.2, 0.25) is 0 Å². The first-order valence-electron chi connectivity index (χ1n) is 4.07. The van der Waals surface area contributed by atoms with Gasteiger partial charge in [-0.1, -0.05) is 18.2 Å². The van der Waals surface area contributed by atoms with Crippen molar-refractivity contribution < 1.29 is 5.11 Å². The van der Waals surface area contributed by atoms with E-state index < -0.39 is 0 Å². The topological polar surface area (TPSA) is 33.1 Å². The van der Waals surface area contributed by atoms with E-state index in [0.29, 0.717) is 4.60 Å². The van der Waals surface area contributed by atoms with Gasteiger partial charge in [-0.05, 0) is 37.9 Å². The normalized spacial score (nSPS) is 10.8.